The van der Waals surface area contributed by atoms with Crippen molar-refractivity contribution in [1.82, 2.24) is 14.8 Å². The van der Waals surface area contributed by atoms with Crippen LogP contribution in [-0.4, -0.2) is 21.5 Å². The normalized spacial score (nSPS) is 11.2. The highest BCUT2D eigenvalue weighted by Crippen LogP contribution is 2.07. The van der Waals surface area contributed by atoms with Gasteiger partial charge in [-0.3, -0.25) is 4.79 Å². The van der Waals surface area contributed by atoms with E-state index in [-0.39, 0.29) is 5.91 Å². The van der Waals surface area contributed by atoms with Crippen LogP contribution in [-0.2, 0) is 0 Å². The summed E-state index contributed by atoms with van der Waals surface area (Å²) in [5.41, 5.74) is 4.25. The third-order valence-corrected chi connectivity index (χ3v) is 3.40. The summed E-state index contributed by atoms with van der Waals surface area (Å²) < 4.78 is 1.89. The number of aromatic nitrogens is 2. The molecular weight excluding hydrogens is 260 g/mol. The summed E-state index contributed by atoms with van der Waals surface area (Å²) in [6.45, 7) is 0. The van der Waals surface area contributed by atoms with E-state index in [0.29, 0.717) is 4.88 Å². The van der Waals surface area contributed by atoms with Crippen LogP contribution in [0.2, 0.25) is 0 Å². The van der Waals surface area contributed by atoms with Gasteiger partial charge in [-0.05, 0) is 23.6 Å². The molecule has 1 N–H and O–H groups in total. The predicted octanol–water partition coefficient (Wildman–Crippen LogP) is 2.16. The Morgan fingerprint density at radius 2 is 2.37 bits per heavy atom. The van der Waals surface area contributed by atoms with Gasteiger partial charge in [-0.2, -0.15) is 5.10 Å². The van der Waals surface area contributed by atoms with E-state index in [9.17, 15) is 4.79 Å². The molecule has 0 atom stereocenters. The summed E-state index contributed by atoms with van der Waals surface area (Å²) >= 11 is 1.38. The summed E-state index contributed by atoms with van der Waals surface area (Å²) in [6, 6.07) is 7.37. The van der Waals surface area contributed by atoms with Crippen LogP contribution in [0.4, 0.5) is 0 Å². The zero-order valence-electron chi connectivity index (χ0n) is 9.85. The van der Waals surface area contributed by atoms with Crippen LogP contribution in [0.25, 0.3) is 5.65 Å². The van der Waals surface area contributed by atoms with Crippen molar-refractivity contribution >= 4 is 29.1 Å². The maximum absolute atomic E-state index is 11.6. The molecule has 0 aliphatic rings. The van der Waals surface area contributed by atoms with Crippen LogP contribution >= 0.6 is 11.3 Å². The number of amides is 1. The molecule has 3 heterocycles. The second-order valence-corrected chi connectivity index (χ2v) is 4.78. The van der Waals surface area contributed by atoms with Crippen molar-refractivity contribution in [3.63, 3.8) is 0 Å². The van der Waals surface area contributed by atoms with Crippen molar-refractivity contribution in [2.24, 2.45) is 5.10 Å². The molecule has 0 aliphatic carbocycles. The van der Waals surface area contributed by atoms with Gasteiger partial charge in [-0.15, -0.1) is 11.3 Å². The topological polar surface area (TPSA) is 58.8 Å². The number of thiophene rings is 1. The molecule has 5 nitrogen and oxygen atoms in total. The highest BCUT2D eigenvalue weighted by atomic mass is 32.1. The first-order valence-corrected chi connectivity index (χ1v) is 6.50. The first-order valence-electron chi connectivity index (χ1n) is 5.62. The minimum atomic E-state index is -0.199. The molecule has 0 bridgehead atoms. The molecule has 0 aliphatic heterocycles. The molecule has 0 saturated carbocycles. The number of carbonyl (C=O) groups excluding carboxylic acids is 1. The second-order valence-electron chi connectivity index (χ2n) is 3.83. The molecule has 0 saturated heterocycles. The largest absolute Gasteiger partial charge is 0.306 e. The minimum absolute atomic E-state index is 0.199. The lowest BCUT2D eigenvalue weighted by molar-refractivity contribution is 0.0959. The van der Waals surface area contributed by atoms with Gasteiger partial charge in [-0.25, -0.2) is 10.4 Å². The van der Waals surface area contributed by atoms with Crippen molar-refractivity contribution < 1.29 is 4.79 Å². The van der Waals surface area contributed by atoms with Gasteiger partial charge in [0.15, 0.2) is 0 Å². The van der Waals surface area contributed by atoms with E-state index in [1.165, 1.54) is 11.3 Å². The maximum atomic E-state index is 11.6. The molecule has 0 spiro atoms. The lowest BCUT2D eigenvalue weighted by Gasteiger charge is -1.97. The number of pyridine rings is 1. The zero-order chi connectivity index (χ0) is 13.1. The quantitative estimate of drug-likeness (QED) is 0.585. The predicted molar refractivity (Wildman–Crippen MR) is 74.6 cm³/mol. The summed E-state index contributed by atoms with van der Waals surface area (Å²) in [4.78, 5) is 16.4. The fourth-order valence-electron chi connectivity index (χ4n) is 1.64. The van der Waals surface area contributed by atoms with Crippen molar-refractivity contribution in [3.8, 4) is 0 Å². The number of nitrogens with one attached hydrogen (secondary N) is 1. The van der Waals surface area contributed by atoms with E-state index < -0.39 is 0 Å². The van der Waals surface area contributed by atoms with Crippen LogP contribution in [0.5, 0.6) is 0 Å². The van der Waals surface area contributed by atoms with E-state index in [1.54, 1.807) is 18.5 Å². The van der Waals surface area contributed by atoms with E-state index in [4.69, 9.17) is 0 Å². The van der Waals surface area contributed by atoms with E-state index >= 15 is 0 Å². The average Bonchev–Trinajstić information content (AvgIpc) is 3.09. The summed E-state index contributed by atoms with van der Waals surface area (Å²) in [5, 5.41) is 5.79. The molecule has 1 amide bonds. The number of rotatable bonds is 3. The molecule has 19 heavy (non-hydrogen) atoms. The fraction of sp³-hybridized carbons (Fsp3) is 0. The number of hydrogen-bond donors (Lipinski definition) is 1. The van der Waals surface area contributed by atoms with E-state index in [1.807, 2.05) is 40.4 Å². The molecule has 3 rings (SSSR count). The van der Waals surface area contributed by atoms with Gasteiger partial charge in [-0.1, -0.05) is 6.07 Å². The Morgan fingerprint density at radius 1 is 1.42 bits per heavy atom. The number of nitrogens with zero attached hydrogens (tertiary/aromatic N) is 3. The van der Waals surface area contributed by atoms with Crippen LogP contribution < -0.4 is 5.43 Å². The van der Waals surface area contributed by atoms with Gasteiger partial charge in [0.1, 0.15) is 5.65 Å². The van der Waals surface area contributed by atoms with E-state index in [2.05, 4.69) is 15.5 Å². The Labute approximate surface area is 113 Å². The molecule has 0 radical (unpaired) electrons. The number of hydrogen-bond acceptors (Lipinski definition) is 4. The Hall–Kier alpha value is -2.47. The van der Waals surface area contributed by atoms with Gasteiger partial charge < -0.3 is 4.40 Å². The Bertz CT molecular complexity index is 730. The summed E-state index contributed by atoms with van der Waals surface area (Å²) in [7, 11) is 0. The molecular formula is C13H10N4OS. The number of hydrazone groups is 1. The maximum Gasteiger partial charge on any atom is 0.281 e. The van der Waals surface area contributed by atoms with Gasteiger partial charge in [0, 0.05) is 24.2 Å². The van der Waals surface area contributed by atoms with E-state index in [0.717, 1.165) is 11.2 Å². The Kier molecular flexibility index (Phi) is 3.07. The molecule has 3 aromatic rings. The summed E-state index contributed by atoms with van der Waals surface area (Å²) in [5.74, 6) is -0.199. The standard InChI is InChI=1S/C13H10N4OS/c18-13(11-2-1-7-19-11)16-15-8-10-3-4-12-14-5-6-17(12)9-10/h1-9H,(H,16,18). The third kappa shape index (κ3) is 2.53. The van der Waals surface area contributed by atoms with Gasteiger partial charge in [0.2, 0.25) is 0 Å². The van der Waals surface area contributed by atoms with Crippen molar-refractivity contribution in [1.29, 1.82) is 0 Å². The van der Waals surface area contributed by atoms with Crippen LogP contribution in [0.15, 0.2) is 53.3 Å². The fourth-order valence-corrected chi connectivity index (χ4v) is 2.26. The zero-order valence-corrected chi connectivity index (χ0v) is 10.7. The van der Waals surface area contributed by atoms with Gasteiger partial charge >= 0.3 is 0 Å². The second kappa shape index (κ2) is 5.03. The van der Waals surface area contributed by atoms with Gasteiger partial charge in [0.25, 0.3) is 5.91 Å². The molecule has 6 heteroatoms. The Balaban J connectivity index is 1.70. The van der Waals surface area contributed by atoms with Crippen molar-refractivity contribution in [2.75, 3.05) is 0 Å². The first kappa shape index (κ1) is 11.6. The number of fused-ring (bicyclic) bond motifs is 1. The third-order valence-electron chi connectivity index (χ3n) is 2.54. The number of imidazole rings is 1. The molecule has 0 unspecified atom stereocenters. The number of carbonyl (C=O) groups is 1. The van der Waals surface area contributed by atoms with Crippen molar-refractivity contribution in [2.45, 2.75) is 0 Å². The molecule has 0 aromatic carbocycles. The summed E-state index contributed by atoms with van der Waals surface area (Å²) in [6.07, 6.45) is 7.08. The highest BCUT2D eigenvalue weighted by Gasteiger charge is 2.03. The lowest BCUT2D eigenvalue weighted by Crippen LogP contribution is -2.16. The van der Waals surface area contributed by atoms with Gasteiger partial charge in [0.05, 0.1) is 11.1 Å². The lowest BCUT2D eigenvalue weighted by atomic mass is 10.3. The average molecular weight is 270 g/mol. The SMILES string of the molecule is O=C(NN=Cc1ccc2nccn2c1)c1cccs1. The smallest absolute Gasteiger partial charge is 0.281 e. The monoisotopic (exact) mass is 270 g/mol. The van der Waals surface area contributed by atoms with Crippen LogP contribution in [0.3, 0.4) is 0 Å². The Morgan fingerprint density at radius 3 is 3.21 bits per heavy atom. The molecule has 0 fully saturated rings. The minimum Gasteiger partial charge on any atom is -0.306 e. The first-order chi connectivity index (χ1) is 9.33. The highest BCUT2D eigenvalue weighted by molar-refractivity contribution is 7.12. The van der Waals surface area contributed by atoms with Crippen molar-refractivity contribution in [3.05, 3.63) is 58.7 Å². The van der Waals surface area contributed by atoms with Crippen LogP contribution in [0, 0.1) is 0 Å². The molecule has 3 aromatic heterocycles. The molecule has 94 valence electrons. The van der Waals surface area contributed by atoms with Crippen LogP contribution in [0.1, 0.15) is 15.2 Å².